The Bertz CT molecular complexity index is 1390. The van der Waals surface area contributed by atoms with Gasteiger partial charge in [0.1, 0.15) is 11.4 Å². The van der Waals surface area contributed by atoms with Crippen molar-refractivity contribution in [2.24, 2.45) is 0 Å². The highest BCUT2D eigenvalue weighted by Gasteiger charge is 2.19. The fourth-order valence-corrected chi connectivity index (χ4v) is 4.62. The lowest BCUT2D eigenvalue weighted by molar-refractivity contribution is 0.0684. The van der Waals surface area contributed by atoms with Crippen LogP contribution in [0.5, 0.6) is 5.75 Å². The molecule has 0 spiro atoms. The van der Waals surface area contributed by atoms with Crippen molar-refractivity contribution < 1.29 is 14.6 Å². The van der Waals surface area contributed by atoms with Crippen molar-refractivity contribution in [3.63, 3.8) is 0 Å². The Morgan fingerprint density at radius 1 is 0.919 bits per heavy atom. The second kappa shape index (κ2) is 11.6. The summed E-state index contributed by atoms with van der Waals surface area (Å²) in [5.74, 6) is -0.175. The topological polar surface area (TPSA) is 54.7 Å². The minimum absolute atomic E-state index is 0.260. The number of aromatic nitrogens is 1. The van der Waals surface area contributed by atoms with Gasteiger partial charge in [-0.05, 0) is 92.3 Å². The summed E-state index contributed by atoms with van der Waals surface area (Å²) < 4.78 is 7.75. The first kappa shape index (κ1) is 26.4. The van der Waals surface area contributed by atoms with E-state index in [1.54, 1.807) is 10.6 Å². The number of hydrogen-bond acceptors (Lipinski definition) is 3. The van der Waals surface area contributed by atoms with E-state index in [0.717, 1.165) is 38.8 Å². The summed E-state index contributed by atoms with van der Waals surface area (Å²) in [4.78, 5) is 14.3. The maximum atomic E-state index is 12.1. The number of aromatic carboxylic acids is 1. The van der Waals surface area contributed by atoms with E-state index in [0.29, 0.717) is 26.1 Å². The van der Waals surface area contributed by atoms with Crippen LogP contribution in [0.4, 0.5) is 11.4 Å². The van der Waals surface area contributed by atoms with Gasteiger partial charge in [0.15, 0.2) is 0 Å². The number of carbonyl (C=O) groups is 1. The lowest BCUT2D eigenvalue weighted by Crippen LogP contribution is -2.17. The molecule has 1 N–H and O–H groups in total. The number of benzene rings is 3. The summed E-state index contributed by atoms with van der Waals surface area (Å²) in [5, 5.41) is 10.7. The van der Waals surface area contributed by atoms with E-state index in [1.807, 2.05) is 50.4 Å². The molecule has 37 heavy (non-hydrogen) atoms. The Labute approximate surface area is 223 Å². The molecular weight excluding hydrogens is 484 g/mol. The van der Waals surface area contributed by atoms with Crippen LogP contribution in [0, 0.1) is 27.7 Å². The zero-order chi connectivity index (χ0) is 26.5. The lowest BCUT2D eigenvalue weighted by atomic mass is 10.1. The molecule has 0 fully saturated rings. The van der Waals surface area contributed by atoms with Gasteiger partial charge in [0, 0.05) is 30.0 Å². The van der Waals surface area contributed by atoms with Crippen molar-refractivity contribution in [3.05, 3.63) is 111 Å². The van der Waals surface area contributed by atoms with Crippen LogP contribution in [-0.4, -0.2) is 22.2 Å². The highest BCUT2D eigenvalue weighted by molar-refractivity contribution is 6.32. The fourth-order valence-electron chi connectivity index (χ4n) is 4.51. The summed E-state index contributed by atoms with van der Waals surface area (Å²) in [5.41, 5.74) is 7.61. The Balaban J connectivity index is 1.56. The molecule has 4 rings (SSSR count). The van der Waals surface area contributed by atoms with E-state index in [2.05, 4.69) is 49.1 Å². The number of anilines is 2. The lowest BCUT2D eigenvalue weighted by Gasteiger charge is -2.25. The molecule has 0 aliphatic carbocycles. The molecule has 0 bridgehead atoms. The Hall–Kier alpha value is -3.70. The van der Waals surface area contributed by atoms with Gasteiger partial charge in [-0.2, -0.15) is 0 Å². The number of ether oxygens (including phenoxy) is 1. The third kappa shape index (κ3) is 6.36. The summed E-state index contributed by atoms with van der Waals surface area (Å²) in [7, 11) is 0. The van der Waals surface area contributed by atoms with Crippen LogP contribution < -0.4 is 9.64 Å². The van der Waals surface area contributed by atoms with Crippen molar-refractivity contribution in [1.29, 1.82) is 0 Å². The van der Waals surface area contributed by atoms with Gasteiger partial charge in [0.2, 0.25) is 0 Å². The average Bonchev–Trinajstić information content (AvgIpc) is 3.29. The molecule has 0 atom stereocenters. The monoisotopic (exact) mass is 516 g/mol. The predicted octanol–water partition coefficient (Wildman–Crippen LogP) is 7.88. The zero-order valence-corrected chi connectivity index (χ0v) is 22.5. The summed E-state index contributed by atoms with van der Waals surface area (Å²) in [6.45, 7) is 9.71. The van der Waals surface area contributed by atoms with Gasteiger partial charge in [-0.25, -0.2) is 4.79 Å². The number of aryl methyl sites for hydroxylation is 5. The van der Waals surface area contributed by atoms with Gasteiger partial charge in [-0.1, -0.05) is 48.0 Å². The number of hydrogen-bond donors (Lipinski definition) is 1. The van der Waals surface area contributed by atoms with Crippen LogP contribution in [0.25, 0.3) is 0 Å². The standard InChI is InChI=1S/C31H33ClN2O3/c1-21-9-7-12-26(15-21)34(19-25-11-6-5-10-22(25)2)27-18-29(31(35)36)33(20-27)13-8-14-37-28-16-23(3)30(32)24(4)17-28/h5-7,9-12,15-18,20H,8,13-14,19H2,1-4H3,(H,35,36). The first-order valence-corrected chi connectivity index (χ1v) is 12.8. The summed E-state index contributed by atoms with van der Waals surface area (Å²) in [6, 6.07) is 22.2. The molecule has 0 amide bonds. The molecule has 0 radical (unpaired) electrons. The van der Waals surface area contributed by atoms with Gasteiger partial charge in [-0.3, -0.25) is 0 Å². The third-order valence-electron chi connectivity index (χ3n) is 6.54. The number of carboxylic acids is 1. The molecule has 6 heteroatoms. The molecule has 3 aromatic carbocycles. The molecule has 0 aliphatic rings. The Morgan fingerprint density at radius 3 is 2.32 bits per heavy atom. The van der Waals surface area contributed by atoms with Crippen LogP contribution in [0.1, 0.15) is 44.7 Å². The molecule has 1 aromatic heterocycles. The SMILES string of the molecule is Cc1cccc(N(Cc2ccccc2C)c2cc(C(=O)O)n(CCCOc3cc(C)c(Cl)c(C)c3)c2)c1. The van der Waals surface area contributed by atoms with Crippen LogP contribution in [-0.2, 0) is 13.1 Å². The first-order chi connectivity index (χ1) is 17.7. The van der Waals surface area contributed by atoms with Crippen LogP contribution in [0.2, 0.25) is 5.02 Å². The van der Waals surface area contributed by atoms with Crippen molar-refractivity contribution in [3.8, 4) is 5.75 Å². The quantitative estimate of drug-likeness (QED) is 0.218. The minimum Gasteiger partial charge on any atom is -0.494 e. The van der Waals surface area contributed by atoms with Crippen molar-refractivity contribution >= 4 is 28.9 Å². The maximum Gasteiger partial charge on any atom is 0.352 e. The van der Waals surface area contributed by atoms with E-state index in [-0.39, 0.29) is 5.69 Å². The highest BCUT2D eigenvalue weighted by Crippen LogP contribution is 2.31. The second-order valence-corrected chi connectivity index (χ2v) is 9.88. The third-order valence-corrected chi connectivity index (χ3v) is 7.13. The van der Waals surface area contributed by atoms with Gasteiger partial charge in [-0.15, -0.1) is 0 Å². The number of nitrogens with zero attached hydrogens (tertiary/aromatic N) is 2. The van der Waals surface area contributed by atoms with E-state index in [4.69, 9.17) is 16.3 Å². The average molecular weight is 517 g/mol. The molecule has 5 nitrogen and oxygen atoms in total. The van der Waals surface area contributed by atoms with Gasteiger partial charge < -0.3 is 19.3 Å². The highest BCUT2D eigenvalue weighted by atomic mass is 35.5. The van der Waals surface area contributed by atoms with Crippen molar-refractivity contribution in [1.82, 2.24) is 4.57 Å². The second-order valence-electron chi connectivity index (χ2n) is 9.51. The first-order valence-electron chi connectivity index (χ1n) is 12.4. The largest absolute Gasteiger partial charge is 0.494 e. The number of rotatable bonds is 10. The molecule has 1 heterocycles. The van der Waals surface area contributed by atoms with Crippen LogP contribution in [0.15, 0.2) is 72.9 Å². The van der Waals surface area contributed by atoms with Crippen LogP contribution >= 0.6 is 11.6 Å². The minimum atomic E-state index is -0.948. The van der Waals surface area contributed by atoms with Gasteiger partial charge in [0.05, 0.1) is 12.3 Å². The normalized spacial score (nSPS) is 10.9. The van der Waals surface area contributed by atoms with E-state index in [9.17, 15) is 9.90 Å². The van der Waals surface area contributed by atoms with Gasteiger partial charge >= 0.3 is 5.97 Å². The smallest absolute Gasteiger partial charge is 0.352 e. The molecule has 4 aromatic rings. The zero-order valence-electron chi connectivity index (χ0n) is 21.8. The van der Waals surface area contributed by atoms with E-state index >= 15 is 0 Å². The molecule has 192 valence electrons. The van der Waals surface area contributed by atoms with E-state index < -0.39 is 5.97 Å². The Kier molecular flexibility index (Phi) is 8.24. The summed E-state index contributed by atoms with van der Waals surface area (Å²) >= 11 is 6.26. The van der Waals surface area contributed by atoms with Gasteiger partial charge in [0.25, 0.3) is 0 Å². The van der Waals surface area contributed by atoms with Crippen molar-refractivity contribution in [2.45, 2.75) is 47.2 Å². The molecule has 0 saturated carbocycles. The van der Waals surface area contributed by atoms with Crippen LogP contribution in [0.3, 0.4) is 0 Å². The molecule has 0 aliphatic heterocycles. The number of carboxylic acid groups (broad SMARTS) is 1. The summed E-state index contributed by atoms with van der Waals surface area (Å²) in [6.07, 6.45) is 2.60. The predicted molar refractivity (Wildman–Crippen MR) is 151 cm³/mol. The molecule has 0 saturated heterocycles. The number of halogens is 1. The van der Waals surface area contributed by atoms with Crippen molar-refractivity contribution in [2.75, 3.05) is 11.5 Å². The molecular formula is C31H33ClN2O3. The maximum absolute atomic E-state index is 12.1. The van der Waals surface area contributed by atoms with E-state index in [1.165, 1.54) is 11.1 Å². The molecule has 0 unspecified atom stereocenters. The fraction of sp³-hybridized carbons (Fsp3) is 0.258. The Morgan fingerprint density at radius 2 is 1.65 bits per heavy atom.